The monoisotopic (exact) mass is 293 g/mol. The summed E-state index contributed by atoms with van der Waals surface area (Å²) in [6.45, 7) is 0.142. The van der Waals surface area contributed by atoms with Gasteiger partial charge in [-0.05, 0) is 23.8 Å². The van der Waals surface area contributed by atoms with Gasteiger partial charge in [-0.2, -0.15) is 5.10 Å². The van der Waals surface area contributed by atoms with E-state index in [-0.39, 0.29) is 17.8 Å². The summed E-state index contributed by atoms with van der Waals surface area (Å²) in [5.74, 6) is -0.0791. The van der Waals surface area contributed by atoms with Crippen molar-refractivity contribution in [2.75, 3.05) is 7.11 Å². The van der Waals surface area contributed by atoms with Crippen LogP contribution in [0.15, 0.2) is 35.1 Å². The predicted molar refractivity (Wildman–Crippen MR) is 74.1 cm³/mol. The van der Waals surface area contributed by atoms with Gasteiger partial charge in [0.2, 0.25) is 0 Å². The third-order valence-electron chi connectivity index (χ3n) is 2.70. The van der Waals surface area contributed by atoms with E-state index in [2.05, 4.69) is 5.10 Å². The fraction of sp³-hybridized carbons (Fsp3) is 0.154. The van der Waals surface area contributed by atoms with Gasteiger partial charge in [-0.15, -0.1) is 0 Å². The molecule has 2 rings (SSSR count). The Bertz CT molecular complexity index is 712. The topological polar surface area (TPSA) is 87.2 Å². The Morgan fingerprint density at radius 1 is 1.40 bits per heavy atom. The zero-order chi connectivity index (χ0) is 14.7. The molecule has 0 unspecified atom stereocenters. The maximum absolute atomic E-state index is 11.7. The van der Waals surface area contributed by atoms with Crippen molar-refractivity contribution in [1.82, 2.24) is 9.78 Å². The summed E-state index contributed by atoms with van der Waals surface area (Å²) < 4.78 is 6.18. The minimum atomic E-state index is -0.695. The predicted octanol–water partition coefficient (Wildman–Crippen LogP) is 1.05. The van der Waals surface area contributed by atoms with Gasteiger partial charge in [-0.25, -0.2) is 4.68 Å². The summed E-state index contributed by atoms with van der Waals surface area (Å²) in [6.07, 6.45) is 0. The molecular formula is C13H12ClN3O3. The van der Waals surface area contributed by atoms with E-state index >= 15 is 0 Å². The number of primary amides is 1. The van der Waals surface area contributed by atoms with E-state index in [0.29, 0.717) is 16.3 Å². The highest BCUT2D eigenvalue weighted by atomic mass is 35.5. The lowest BCUT2D eigenvalue weighted by Gasteiger charge is -2.08. The molecule has 2 N–H and O–H groups in total. The van der Waals surface area contributed by atoms with Gasteiger partial charge in [0.05, 0.1) is 13.7 Å². The standard InChI is InChI=1S/C13H12ClN3O3/c1-20-9-3-2-8(10(14)6-9)7-17-12(18)5-4-11(16-17)13(15)19/h2-6H,7H2,1H3,(H2,15,19). The molecule has 7 heteroatoms. The molecule has 1 aromatic carbocycles. The van der Waals surface area contributed by atoms with Crippen LogP contribution in [0.2, 0.25) is 5.02 Å². The minimum Gasteiger partial charge on any atom is -0.497 e. The Morgan fingerprint density at radius 3 is 2.75 bits per heavy atom. The number of nitrogens with zero attached hydrogens (tertiary/aromatic N) is 2. The van der Waals surface area contributed by atoms with E-state index in [0.717, 1.165) is 4.68 Å². The molecular weight excluding hydrogens is 282 g/mol. The second-order valence-electron chi connectivity index (χ2n) is 4.04. The lowest BCUT2D eigenvalue weighted by atomic mass is 10.2. The van der Waals surface area contributed by atoms with Crippen molar-refractivity contribution in [2.45, 2.75) is 6.54 Å². The van der Waals surface area contributed by atoms with E-state index < -0.39 is 5.91 Å². The molecule has 1 heterocycles. The third-order valence-corrected chi connectivity index (χ3v) is 3.05. The molecule has 0 aliphatic carbocycles. The van der Waals surface area contributed by atoms with E-state index in [9.17, 15) is 9.59 Å². The van der Waals surface area contributed by atoms with Crippen molar-refractivity contribution in [3.05, 3.63) is 57.0 Å². The van der Waals surface area contributed by atoms with Crippen LogP contribution in [0.4, 0.5) is 0 Å². The van der Waals surface area contributed by atoms with Gasteiger partial charge < -0.3 is 10.5 Å². The third kappa shape index (κ3) is 2.97. The van der Waals surface area contributed by atoms with Crippen LogP contribution in [0.3, 0.4) is 0 Å². The second-order valence-corrected chi connectivity index (χ2v) is 4.44. The van der Waals surface area contributed by atoms with Crippen molar-refractivity contribution in [3.63, 3.8) is 0 Å². The molecule has 1 amide bonds. The van der Waals surface area contributed by atoms with Gasteiger partial charge in [-0.3, -0.25) is 9.59 Å². The Hall–Kier alpha value is -2.34. The fourth-order valence-corrected chi connectivity index (χ4v) is 1.87. The highest BCUT2D eigenvalue weighted by Gasteiger charge is 2.08. The molecule has 104 valence electrons. The highest BCUT2D eigenvalue weighted by Crippen LogP contribution is 2.22. The number of benzene rings is 1. The number of carbonyl (C=O) groups is 1. The summed E-state index contributed by atoms with van der Waals surface area (Å²) >= 11 is 6.10. The van der Waals surface area contributed by atoms with Gasteiger partial charge in [-0.1, -0.05) is 17.7 Å². The van der Waals surface area contributed by atoms with Crippen LogP contribution in [0.25, 0.3) is 0 Å². The van der Waals surface area contributed by atoms with E-state index in [1.165, 1.54) is 19.2 Å². The van der Waals surface area contributed by atoms with Gasteiger partial charge >= 0.3 is 0 Å². The van der Waals surface area contributed by atoms with Gasteiger partial charge in [0.25, 0.3) is 11.5 Å². The number of halogens is 1. The number of methoxy groups -OCH3 is 1. The van der Waals surface area contributed by atoms with E-state index in [1.54, 1.807) is 18.2 Å². The first-order chi connectivity index (χ1) is 9.51. The average Bonchev–Trinajstić information content (AvgIpc) is 2.42. The molecule has 0 aliphatic heterocycles. The van der Waals surface area contributed by atoms with Crippen molar-refractivity contribution >= 4 is 17.5 Å². The first-order valence-electron chi connectivity index (χ1n) is 5.71. The fourth-order valence-electron chi connectivity index (χ4n) is 1.64. The molecule has 20 heavy (non-hydrogen) atoms. The van der Waals surface area contributed by atoms with E-state index in [4.69, 9.17) is 22.1 Å². The lowest BCUT2D eigenvalue weighted by Crippen LogP contribution is -2.26. The molecule has 0 bridgehead atoms. The number of hydrogen-bond donors (Lipinski definition) is 1. The van der Waals surface area contributed by atoms with Crippen molar-refractivity contribution < 1.29 is 9.53 Å². The summed E-state index contributed by atoms with van der Waals surface area (Å²) in [5, 5.41) is 4.34. The van der Waals surface area contributed by atoms with Gasteiger partial charge in [0.1, 0.15) is 11.4 Å². The van der Waals surface area contributed by atoms with Crippen LogP contribution in [0.5, 0.6) is 5.75 Å². The van der Waals surface area contributed by atoms with Crippen LogP contribution in [0.1, 0.15) is 16.1 Å². The van der Waals surface area contributed by atoms with Crippen LogP contribution < -0.4 is 16.0 Å². The smallest absolute Gasteiger partial charge is 0.269 e. The van der Waals surface area contributed by atoms with Gasteiger partial charge in [0, 0.05) is 11.1 Å². The zero-order valence-electron chi connectivity index (χ0n) is 10.7. The summed E-state index contributed by atoms with van der Waals surface area (Å²) in [6, 6.07) is 7.62. The summed E-state index contributed by atoms with van der Waals surface area (Å²) in [4.78, 5) is 22.8. The molecule has 0 saturated heterocycles. The minimum absolute atomic E-state index is 0.0224. The normalized spacial score (nSPS) is 10.3. The number of rotatable bonds is 4. The molecule has 0 spiro atoms. The summed E-state index contributed by atoms with van der Waals surface area (Å²) in [7, 11) is 1.54. The molecule has 2 aromatic rings. The Morgan fingerprint density at radius 2 is 2.15 bits per heavy atom. The Balaban J connectivity index is 2.37. The zero-order valence-corrected chi connectivity index (χ0v) is 11.4. The van der Waals surface area contributed by atoms with Crippen molar-refractivity contribution in [3.8, 4) is 5.75 Å². The molecule has 0 atom stereocenters. The first kappa shape index (κ1) is 14.1. The van der Waals surface area contributed by atoms with Crippen molar-refractivity contribution in [1.29, 1.82) is 0 Å². The van der Waals surface area contributed by atoms with Crippen LogP contribution in [0, 0.1) is 0 Å². The molecule has 0 saturated carbocycles. The molecule has 6 nitrogen and oxygen atoms in total. The maximum atomic E-state index is 11.7. The summed E-state index contributed by atoms with van der Waals surface area (Å²) in [5.41, 5.74) is 5.50. The molecule has 1 aromatic heterocycles. The number of hydrogen-bond acceptors (Lipinski definition) is 4. The number of carbonyl (C=O) groups excluding carboxylic acids is 1. The number of aromatic nitrogens is 2. The second kappa shape index (κ2) is 5.75. The Labute approximate surface area is 119 Å². The van der Waals surface area contributed by atoms with E-state index in [1.807, 2.05) is 0 Å². The molecule has 0 fully saturated rings. The van der Waals surface area contributed by atoms with Crippen LogP contribution >= 0.6 is 11.6 Å². The number of nitrogens with two attached hydrogens (primary N) is 1. The average molecular weight is 294 g/mol. The lowest BCUT2D eigenvalue weighted by molar-refractivity contribution is 0.0993. The number of ether oxygens (including phenoxy) is 1. The molecule has 0 aliphatic rings. The molecule has 0 radical (unpaired) electrons. The maximum Gasteiger partial charge on any atom is 0.269 e. The van der Waals surface area contributed by atoms with Crippen LogP contribution in [-0.4, -0.2) is 22.8 Å². The number of amides is 1. The highest BCUT2D eigenvalue weighted by molar-refractivity contribution is 6.31. The van der Waals surface area contributed by atoms with Crippen molar-refractivity contribution in [2.24, 2.45) is 5.73 Å². The van der Waals surface area contributed by atoms with Gasteiger partial charge in [0.15, 0.2) is 0 Å². The Kier molecular flexibility index (Phi) is 4.05. The quantitative estimate of drug-likeness (QED) is 0.913. The SMILES string of the molecule is COc1ccc(Cn2nc(C(N)=O)ccc2=O)c(Cl)c1. The van der Waals surface area contributed by atoms with Crippen LogP contribution in [-0.2, 0) is 6.54 Å². The first-order valence-corrected chi connectivity index (χ1v) is 6.09. The largest absolute Gasteiger partial charge is 0.497 e.